The lowest BCUT2D eigenvalue weighted by molar-refractivity contribution is -0.122. The summed E-state index contributed by atoms with van der Waals surface area (Å²) in [6.45, 7) is 4.55. The monoisotopic (exact) mass is 420 g/mol. The molecule has 0 bridgehead atoms. The second-order valence-corrected chi connectivity index (χ2v) is 8.30. The Kier molecular flexibility index (Phi) is 5.81. The van der Waals surface area contributed by atoms with Crippen LogP contribution in [0.15, 0.2) is 53.9 Å². The van der Waals surface area contributed by atoms with Gasteiger partial charge in [0.1, 0.15) is 6.04 Å². The number of anilines is 3. The topological polar surface area (TPSA) is 74.3 Å². The number of benzene rings is 2. The van der Waals surface area contributed by atoms with Crippen molar-refractivity contribution in [3.05, 3.63) is 70.2 Å². The number of fused-ring (bicyclic) bond motifs is 1. The maximum absolute atomic E-state index is 12.9. The van der Waals surface area contributed by atoms with Gasteiger partial charge in [-0.05, 0) is 37.6 Å². The van der Waals surface area contributed by atoms with Gasteiger partial charge in [0.05, 0.1) is 35.0 Å². The minimum atomic E-state index is -0.614. The van der Waals surface area contributed by atoms with Crippen LogP contribution < -0.4 is 15.5 Å². The SMILES string of the molecule is CCc1nc(CN2c3ccccc3NC(=O)[C@H]2CC(=O)Nc2ccc(C)cc2)cs1. The van der Waals surface area contributed by atoms with Gasteiger partial charge in [-0.3, -0.25) is 9.59 Å². The van der Waals surface area contributed by atoms with Gasteiger partial charge in [-0.2, -0.15) is 0 Å². The summed E-state index contributed by atoms with van der Waals surface area (Å²) in [5.74, 6) is -0.380. The van der Waals surface area contributed by atoms with E-state index in [-0.39, 0.29) is 18.2 Å². The number of hydrogen-bond acceptors (Lipinski definition) is 5. The predicted octanol–water partition coefficient (Wildman–Crippen LogP) is 4.37. The number of aryl methyl sites for hydroxylation is 2. The number of nitrogens with one attached hydrogen (secondary N) is 2. The molecule has 1 aromatic heterocycles. The van der Waals surface area contributed by atoms with E-state index < -0.39 is 6.04 Å². The van der Waals surface area contributed by atoms with Crippen LogP contribution >= 0.6 is 11.3 Å². The van der Waals surface area contributed by atoms with Gasteiger partial charge in [-0.15, -0.1) is 11.3 Å². The summed E-state index contributed by atoms with van der Waals surface area (Å²) in [4.78, 5) is 32.3. The number of amides is 2. The maximum atomic E-state index is 12.9. The van der Waals surface area contributed by atoms with E-state index >= 15 is 0 Å². The molecule has 0 radical (unpaired) electrons. The summed E-state index contributed by atoms with van der Waals surface area (Å²) in [5.41, 5.74) is 4.41. The second-order valence-electron chi connectivity index (χ2n) is 7.35. The average molecular weight is 421 g/mol. The van der Waals surface area contributed by atoms with Crippen molar-refractivity contribution >= 4 is 40.2 Å². The first-order valence-electron chi connectivity index (χ1n) is 10.00. The Balaban J connectivity index is 1.57. The van der Waals surface area contributed by atoms with Crippen LogP contribution in [0.1, 0.15) is 29.6 Å². The van der Waals surface area contributed by atoms with E-state index in [1.165, 1.54) is 0 Å². The van der Waals surface area contributed by atoms with Gasteiger partial charge in [-0.25, -0.2) is 4.98 Å². The number of carbonyl (C=O) groups is 2. The van der Waals surface area contributed by atoms with Crippen molar-refractivity contribution in [3.8, 4) is 0 Å². The summed E-state index contributed by atoms with van der Waals surface area (Å²) in [7, 11) is 0. The molecule has 0 aliphatic carbocycles. The standard InChI is InChI=1S/C23H24N4O2S/c1-3-22-25-17(14-30-22)13-27-19-7-5-4-6-18(19)26-23(29)20(27)12-21(28)24-16-10-8-15(2)9-11-16/h4-11,14,20H,3,12-13H2,1-2H3,(H,24,28)(H,26,29)/t20-/m1/s1. The van der Waals surface area contributed by atoms with Crippen molar-refractivity contribution in [2.24, 2.45) is 0 Å². The first-order valence-corrected chi connectivity index (χ1v) is 10.9. The molecule has 0 unspecified atom stereocenters. The molecule has 7 heteroatoms. The number of aromatic nitrogens is 1. The molecule has 1 aliphatic rings. The first kappa shape index (κ1) is 20.1. The van der Waals surface area contributed by atoms with E-state index in [2.05, 4.69) is 22.5 Å². The van der Waals surface area contributed by atoms with Crippen LogP contribution in [-0.4, -0.2) is 22.8 Å². The fourth-order valence-corrected chi connectivity index (χ4v) is 4.27. The number of nitrogens with zero attached hydrogens (tertiary/aromatic N) is 2. The Morgan fingerprint density at radius 2 is 1.97 bits per heavy atom. The van der Waals surface area contributed by atoms with E-state index in [0.717, 1.165) is 39.7 Å². The Morgan fingerprint density at radius 3 is 2.70 bits per heavy atom. The van der Waals surface area contributed by atoms with E-state index in [1.807, 2.05) is 65.7 Å². The third kappa shape index (κ3) is 4.36. The van der Waals surface area contributed by atoms with Crippen LogP contribution in [0.3, 0.4) is 0 Å². The minimum Gasteiger partial charge on any atom is -0.351 e. The average Bonchev–Trinajstić information content (AvgIpc) is 3.20. The zero-order valence-electron chi connectivity index (χ0n) is 17.0. The van der Waals surface area contributed by atoms with E-state index in [9.17, 15) is 9.59 Å². The first-order chi connectivity index (χ1) is 14.5. The molecule has 2 N–H and O–H groups in total. The number of thiazole rings is 1. The molecule has 0 saturated heterocycles. The van der Waals surface area contributed by atoms with Gasteiger partial charge in [-0.1, -0.05) is 36.8 Å². The fourth-order valence-electron chi connectivity index (χ4n) is 3.54. The number of para-hydroxylation sites is 2. The maximum Gasteiger partial charge on any atom is 0.247 e. The van der Waals surface area contributed by atoms with Crippen LogP contribution in [0.5, 0.6) is 0 Å². The largest absolute Gasteiger partial charge is 0.351 e. The molecule has 30 heavy (non-hydrogen) atoms. The van der Waals surface area contributed by atoms with Crippen molar-refractivity contribution in [2.75, 3.05) is 15.5 Å². The van der Waals surface area contributed by atoms with E-state index in [1.54, 1.807) is 11.3 Å². The summed E-state index contributed by atoms with van der Waals surface area (Å²) in [6.07, 6.45) is 0.933. The summed E-state index contributed by atoms with van der Waals surface area (Å²) in [5, 5.41) is 8.93. The molecule has 2 aromatic carbocycles. The van der Waals surface area contributed by atoms with Gasteiger partial charge < -0.3 is 15.5 Å². The quantitative estimate of drug-likeness (QED) is 0.621. The normalized spacial score (nSPS) is 15.5. The van der Waals surface area contributed by atoms with E-state index in [0.29, 0.717) is 6.54 Å². The summed E-state index contributed by atoms with van der Waals surface area (Å²) in [6, 6.07) is 14.7. The smallest absolute Gasteiger partial charge is 0.247 e. The molecule has 0 fully saturated rings. The Hall–Kier alpha value is -3.19. The molecule has 2 heterocycles. The fraction of sp³-hybridized carbons (Fsp3) is 0.261. The molecular weight excluding hydrogens is 396 g/mol. The molecule has 3 aromatic rings. The third-order valence-corrected chi connectivity index (χ3v) is 6.14. The predicted molar refractivity (Wildman–Crippen MR) is 121 cm³/mol. The molecule has 1 aliphatic heterocycles. The molecule has 1 atom stereocenters. The second kappa shape index (κ2) is 8.67. The molecule has 4 rings (SSSR count). The number of rotatable bonds is 6. The Bertz CT molecular complexity index is 1060. The number of hydrogen-bond donors (Lipinski definition) is 2. The summed E-state index contributed by atoms with van der Waals surface area (Å²) >= 11 is 1.62. The van der Waals surface area contributed by atoms with Crippen LogP contribution in [0.4, 0.5) is 17.1 Å². The zero-order valence-corrected chi connectivity index (χ0v) is 17.8. The van der Waals surface area contributed by atoms with Crippen LogP contribution in [-0.2, 0) is 22.6 Å². The van der Waals surface area contributed by atoms with Crippen molar-refractivity contribution in [3.63, 3.8) is 0 Å². The van der Waals surface area contributed by atoms with Crippen molar-refractivity contribution in [2.45, 2.75) is 39.3 Å². The highest BCUT2D eigenvalue weighted by molar-refractivity contribution is 7.09. The van der Waals surface area contributed by atoms with Crippen molar-refractivity contribution in [1.82, 2.24) is 4.98 Å². The zero-order chi connectivity index (χ0) is 21.1. The molecule has 154 valence electrons. The molecule has 6 nitrogen and oxygen atoms in total. The van der Waals surface area contributed by atoms with Gasteiger partial charge in [0.25, 0.3) is 0 Å². The highest BCUT2D eigenvalue weighted by atomic mass is 32.1. The van der Waals surface area contributed by atoms with Gasteiger partial charge in [0.2, 0.25) is 11.8 Å². The number of carbonyl (C=O) groups excluding carboxylic acids is 2. The van der Waals surface area contributed by atoms with Gasteiger partial charge in [0, 0.05) is 11.1 Å². The van der Waals surface area contributed by atoms with Gasteiger partial charge >= 0.3 is 0 Å². The molecule has 0 saturated carbocycles. The highest BCUT2D eigenvalue weighted by Crippen LogP contribution is 2.34. The molecular formula is C23H24N4O2S. The minimum absolute atomic E-state index is 0.0544. The van der Waals surface area contributed by atoms with E-state index in [4.69, 9.17) is 0 Å². The highest BCUT2D eigenvalue weighted by Gasteiger charge is 2.34. The lowest BCUT2D eigenvalue weighted by Crippen LogP contribution is -2.49. The summed E-state index contributed by atoms with van der Waals surface area (Å²) < 4.78 is 0. The molecule has 2 amide bonds. The molecule has 0 spiro atoms. The van der Waals surface area contributed by atoms with Crippen LogP contribution in [0.25, 0.3) is 0 Å². The lowest BCUT2D eigenvalue weighted by Gasteiger charge is -2.37. The Morgan fingerprint density at radius 1 is 1.20 bits per heavy atom. The van der Waals surface area contributed by atoms with Gasteiger partial charge in [0.15, 0.2) is 0 Å². The van der Waals surface area contributed by atoms with Crippen molar-refractivity contribution in [1.29, 1.82) is 0 Å². The van der Waals surface area contributed by atoms with Crippen LogP contribution in [0.2, 0.25) is 0 Å². The van der Waals surface area contributed by atoms with Crippen LogP contribution in [0, 0.1) is 6.92 Å². The lowest BCUT2D eigenvalue weighted by atomic mass is 10.0. The third-order valence-electron chi connectivity index (χ3n) is 5.10. The van der Waals surface area contributed by atoms with Crippen molar-refractivity contribution < 1.29 is 9.59 Å². The Labute approximate surface area is 180 Å².